The molecule has 0 saturated heterocycles. The minimum absolute atomic E-state index is 0.0953. The monoisotopic (exact) mass is 690 g/mol. The summed E-state index contributed by atoms with van der Waals surface area (Å²) >= 11 is 0. The molecule has 4 rings (SSSR count). The van der Waals surface area contributed by atoms with Gasteiger partial charge in [-0.1, -0.05) is 118 Å². The molecule has 0 radical (unpaired) electrons. The lowest BCUT2D eigenvalue weighted by Gasteiger charge is -2.44. The van der Waals surface area contributed by atoms with E-state index in [0.717, 1.165) is 10.4 Å². The second kappa shape index (κ2) is 16.4. The molecule has 11 heteroatoms. The Morgan fingerprint density at radius 1 is 0.854 bits per heavy atom. The number of carbonyl (C=O) groups is 2. The highest BCUT2D eigenvalue weighted by Gasteiger charge is 2.50. The van der Waals surface area contributed by atoms with Crippen molar-refractivity contribution in [2.75, 3.05) is 19.0 Å². The van der Waals surface area contributed by atoms with Crippen LogP contribution in [-0.4, -0.2) is 72.2 Å². The van der Waals surface area contributed by atoms with Gasteiger partial charge in [-0.2, -0.15) is 0 Å². The van der Waals surface area contributed by atoms with Crippen molar-refractivity contribution < 1.29 is 41.4 Å². The van der Waals surface area contributed by atoms with Crippen LogP contribution in [0, 0.1) is 11.8 Å². The van der Waals surface area contributed by atoms with Crippen LogP contribution in [0.4, 0.5) is 0 Å². The third-order valence-corrected chi connectivity index (χ3v) is 14.4. The Kier molecular flexibility index (Phi) is 12.5. The summed E-state index contributed by atoms with van der Waals surface area (Å²) in [6.07, 6.45) is -0.644. The van der Waals surface area contributed by atoms with E-state index >= 15 is 0 Å². The molecular weight excluding hydrogens is 649 g/mol. The van der Waals surface area contributed by atoms with Gasteiger partial charge in [0.1, 0.15) is 12.2 Å². The topological polar surface area (TPSA) is 114 Å². The molecule has 48 heavy (non-hydrogen) atoms. The Bertz CT molecular complexity index is 1670. The van der Waals surface area contributed by atoms with E-state index in [1.54, 1.807) is 30.4 Å². The number of esters is 2. The molecule has 0 bridgehead atoms. The van der Waals surface area contributed by atoms with Crippen molar-refractivity contribution in [3.63, 3.8) is 0 Å². The first-order valence-electron chi connectivity index (χ1n) is 15.6. The molecule has 9 nitrogen and oxygen atoms in total. The molecule has 1 heterocycles. The van der Waals surface area contributed by atoms with E-state index in [1.807, 2.05) is 36.4 Å². The fourth-order valence-corrected chi connectivity index (χ4v) is 11.5. The summed E-state index contributed by atoms with van der Waals surface area (Å²) < 4.78 is 56.6. The first kappa shape index (κ1) is 36.8. The Balaban J connectivity index is 1.64. The van der Waals surface area contributed by atoms with Crippen LogP contribution in [0.2, 0.25) is 5.04 Å². The maximum absolute atomic E-state index is 13.3. The molecule has 0 aliphatic carbocycles. The van der Waals surface area contributed by atoms with Crippen molar-refractivity contribution in [3.05, 3.63) is 103 Å². The second-order valence-corrected chi connectivity index (χ2v) is 18.6. The van der Waals surface area contributed by atoms with E-state index in [9.17, 15) is 18.0 Å². The number of rotatable bonds is 12. The SMILES string of the molecule is CC(=O)OCC#C[C@H](CS(=O)(=O)c1ccccc1)O[C@@H]1O[C@H](CO[Si](c2ccccc2)(c2ccccc2)C(C)(C)C)C=C[C@H]1OC(C)=O. The number of sulfone groups is 1. The zero-order valence-electron chi connectivity index (χ0n) is 27.8. The lowest BCUT2D eigenvalue weighted by Crippen LogP contribution is -2.67. The Hall–Kier alpha value is -4.05. The van der Waals surface area contributed by atoms with Gasteiger partial charge in [-0.25, -0.2) is 8.42 Å². The van der Waals surface area contributed by atoms with Crippen LogP contribution in [0.1, 0.15) is 34.6 Å². The van der Waals surface area contributed by atoms with Crippen molar-refractivity contribution in [2.45, 2.75) is 69.2 Å². The van der Waals surface area contributed by atoms with Crippen molar-refractivity contribution in [2.24, 2.45) is 0 Å². The second-order valence-electron chi connectivity index (χ2n) is 12.3. The van der Waals surface area contributed by atoms with E-state index in [-0.39, 0.29) is 23.1 Å². The van der Waals surface area contributed by atoms with E-state index in [2.05, 4.69) is 56.9 Å². The van der Waals surface area contributed by atoms with Crippen molar-refractivity contribution >= 4 is 40.5 Å². The summed E-state index contributed by atoms with van der Waals surface area (Å²) in [7, 11) is -6.77. The maximum atomic E-state index is 13.3. The van der Waals surface area contributed by atoms with Crippen LogP contribution >= 0.6 is 0 Å². The number of hydrogen-bond acceptors (Lipinski definition) is 9. The normalized spacial score (nSPS) is 18.6. The van der Waals surface area contributed by atoms with Gasteiger partial charge in [0.05, 0.1) is 17.3 Å². The first-order chi connectivity index (χ1) is 22.8. The molecule has 0 unspecified atom stereocenters. The average Bonchev–Trinajstić information content (AvgIpc) is 3.05. The van der Waals surface area contributed by atoms with Gasteiger partial charge in [-0.15, -0.1) is 0 Å². The predicted octanol–water partition coefficient (Wildman–Crippen LogP) is 4.20. The number of hydrogen-bond donors (Lipinski definition) is 0. The molecule has 3 aromatic rings. The molecule has 0 fully saturated rings. The zero-order valence-corrected chi connectivity index (χ0v) is 29.6. The van der Waals surface area contributed by atoms with Crippen molar-refractivity contribution in [1.82, 2.24) is 0 Å². The fraction of sp³-hybridized carbons (Fsp3) is 0.351. The van der Waals surface area contributed by atoms with Gasteiger partial charge < -0.3 is 23.4 Å². The van der Waals surface area contributed by atoms with E-state index < -0.39 is 60.4 Å². The van der Waals surface area contributed by atoms with Gasteiger partial charge in [-0.3, -0.25) is 9.59 Å². The zero-order chi connectivity index (χ0) is 34.8. The predicted molar refractivity (Wildman–Crippen MR) is 185 cm³/mol. The molecule has 0 amide bonds. The minimum Gasteiger partial charge on any atom is -0.453 e. The molecule has 0 spiro atoms. The maximum Gasteiger partial charge on any atom is 0.303 e. The summed E-state index contributed by atoms with van der Waals surface area (Å²) in [5.41, 5.74) is 0. The number of benzene rings is 3. The van der Waals surface area contributed by atoms with Crippen LogP contribution in [0.15, 0.2) is 108 Å². The lowest BCUT2D eigenvalue weighted by molar-refractivity contribution is -0.225. The first-order valence-corrected chi connectivity index (χ1v) is 19.2. The lowest BCUT2D eigenvalue weighted by atomic mass is 10.2. The summed E-state index contributed by atoms with van der Waals surface area (Å²) in [5, 5.41) is 1.92. The van der Waals surface area contributed by atoms with Gasteiger partial charge in [0.2, 0.25) is 6.29 Å². The molecule has 0 saturated carbocycles. The van der Waals surface area contributed by atoms with Crippen LogP contribution in [0.5, 0.6) is 0 Å². The summed E-state index contributed by atoms with van der Waals surface area (Å²) in [6, 6.07) is 28.3. The van der Waals surface area contributed by atoms with E-state index in [0.29, 0.717) is 0 Å². The standard InChI is InChI=1S/C37H42O9SSi/c1-28(38)42-25-15-16-31(27-47(40,41)32-17-9-6-10-18-32)46-36-35(44-29(2)39)24-23-30(45-36)26-43-48(37(3,4)5,33-19-11-7-12-20-33)34-21-13-8-14-22-34/h6-14,17-24,30-31,35-36H,25-27H2,1-5H3/t30-,31+,35+,36-/m0/s1. The van der Waals surface area contributed by atoms with Crippen LogP contribution in [-0.2, 0) is 42.8 Å². The summed E-state index contributed by atoms with van der Waals surface area (Å²) in [6.45, 7) is 8.91. The Morgan fingerprint density at radius 2 is 1.42 bits per heavy atom. The largest absolute Gasteiger partial charge is 0.453 e. The van der Waals surface area contributed by atoms with Crippen molar-refractivity contribution in [1.29, 1.82) is 0 Å². The third-order valence-electron chi connectivity index (χ3n) is 7.66. The number of ether oxygens (including phenoxy) is 4. The van der Waals surface area contributed by atoms with Crippen LogP contribution in [0.25, 0.3) is 0 Å². The van der Waals surface area contributed by atoms with Gasteiger partial charge in [-0.05, 0) is 33.6 Å². The smallest absolute Gasteiger partial charge is 0.303 e. The molecule has 0 N–H and O–H groups in total. The highest BCUT2D eigenvalue weighted by molar-refractivity contribution is 7.91. The Labute approximate surface area is 284 Å². The molecule has 0 aromatic heterocycles. The minimum atomic E-state index is -3.86. The van der Waals surface area contributed by atoms with Crippen LogP contribution in [0.3, 0.4) is 0 Å². The molecule has 1 aliphatic rings. The average molecular weight is 691 g/mol. The van der Waals surface area contributed by atoms with E-state index in [1.165, 1.54) is 26.0 Å². The summed E-state index contributed by atoms with van der Waals surface area (Å²) in [4.78, 5) is 23.4. The van der Waals surface area contributed by atoms with Gasteiger partial charge in [0, 0.05) is 13.8 Å². The summed E-state index contributed by atoms with van der Waals surface area (Å²) in [5.74, 6) is 3.80. The fourth-order valence-electron chi connectivity index (χ4n) is 5.57. The molecule has 3 aromatic carbocycles. The quantitative estimate of drug-likeness (QED) is 0.119. The molecule has 4 atom stereocenters. The molecule has 254 valence electrons. The van der Waals surface area contributed by atoms with Crippen molar-refractivity contribution in [3.8, 4) is 11.8 Å². The van der Waals surface area contributed by atoms with Gasteiger partial charge in [0.15, 0.2) is 22.5 Å². The molecular formula is C37H42O9SSi. The van der Waals surface area contributed by atoms with E-state index in [4.69, 9.17) is 23.4 Å². The highest BCUT2D eigenvalue weighted by Crippen LogP contribution is 2.37. The Morgan fingerprint density at radius 3 is 1.94 bits per heavy atom. The third kappa shape index (κ3) is 9.52. The number of carbonyl (C=O) groups excluding carboxylic acids is 2. The molecule has 1 aliphatic heterocycles. The highest BCUT2D eigenvalue weighted by atomic mass is 32.2. The van der Waals surface area contributed by atoms with Gasteiger partial charge in [0.25, 0.3) is 8.32 Å². The van der Waals surface area contributed by atoms with Gasteiger partial charge >= 0.3 is 11.9 Å². The van der Waals surface area contributed by atoms with Crippen LogP contribution < -0.4 is 10.4 Å².